The number of aromatic nitrogens is 3. The smallest absolute Gasteiger partial charge is 0.271 e. The second-order valence-electron chi connectivity index (χ2n) is 3.99. The number of rotatable bonds is 4. The van der Waals surface area contributed by atoms with E-state index in [0.29, 0.717) is 12.4 Å². The fourth-order valence-electron chi connectivity index (χ4n) is 1.56. The zero-order chi connectivity index (χ0) is 13.7. The first-order valence-electron chi connectivity index (χ1n) is 5.89. The Morgan fingerprint density at radius 1 is 1.26 bits per heavy atom. The topological polar surface area (TPSA) is 79.8 Å². The SMILES string of the molecule is CNc1cncc(C(=O)NCc2cccc(C)n2)n1. The average Bonchev–Trinajstić information content (AvgIpc) is 2.45. The van der Waals surface area contributed by atoms with Crippen LogP contribution in [0.2, 0.25) is 0 Å². The lowest BCUT2D eigenvalue weighted by Gasteiger charge is -2.05. The third-order valence-electron chi connectivity index (χ3n) is 2.50. The molecule has 0 aliphatic rings. The van der Waals surface area contributed by atoms with Crippen molar-refractivity contribution in [2.45, 2.75) is 13.5 Å². The summed E-state index contributed by atoms with van der Waals surface area (Å²) < 4.78 is 0. The van der Waals surface area contributed by atoms with Crippen molar-refractivity contribution in [2.75, 3.05) is 12.4 Å². The lowest BCUT2D eigenvalue weighted by molar-refractivity contribution is 0.0945. The third kappa shape index (κ3) is 3.48. The summed E-state index contributed by atoms with van der Waals surface area (Å²) in [5.41, 5.74) is 2.01. The molecule has 0 aliphatic heterocycles. The fourth-order valence-corrected chi connectivity index (χ4v) is 1.56. The van der Waals surface area contributed by atoms with E-state index in [1.54, 1.807) is 13.2 Å². The molecule has 0 unspecified atom stereocenters. The van der Waals surface area contributed by atoms with Gasteiger partial charge in [0, 0.05) is 12.7 Å². The van der Waals surface area contributed by atoms with Crippen LogP contribution in [0.3, 0.4) is 0 Å². The Labute approximate surface area is 111 Å². The van der Waals surface area contributed by atoms with Crippen molar-refractivity contribution in [2.24, 2.45) is 0 Å². The van der Waals surface area contributed by atoms with E-state index in [1.165, 1.54) is 6.20 Å². The number of amides is 1. The average molecular weight is 257 g/mol. The van der Waals surface area contributed by atoms with Crippen molar-refractivity contribution < 1.29 is 4.79 Å². The largest absolute Gasteiger partial charge is 0.372 e. The van der Waals surface area contributed by atoms with Crippen LogP contribution in [-0.4, -0.2) is 27.9 Å². The number of aryl methyl sites for hydroxylation is 1. The first-order chi connectivity index (χ1) is 9.19. The van der Waals surface area contributed by atoms with Crippen LogP contribution in [0.15, 0.2) is 30.6 Å². The van der Waals surface area contributed by atoms with Gasteiger partial charge in [0.1, 0.15) is 11.5 Å². The van der Waals surface area contributed by atoms with Crippen molar-refractivity contribution in [3.63, 3.8) is 0 Å². The lowest BCUT2D eigenvalue weighted by atomic mass is 10.3. The molecule has 0 aromatic carbocycles. The highest BCUT2D eigenvalue weighted by molar-refractivity contribution is 5.92. The number of hydrogen-bond acceptors (Lipinski definition) is 5. The van der Waals surface area contributed by atoms with Gasteiger partial charge in [-0.15, -0.1) is 0 Å². The molecule has 0 saturated heterocycles. The van der Waals surface area contributed by atoms with E-state index in [0.717, 1.165) is 11.4 Å². The van der Waals surface area contributed by atoms with E-state index >= 15 is 0 Å². The third-order valence-corrected chi connectivity index (χ3v) is 2.50. The van der Waals surface area contributed by atoms with Crippen LogP contribution in [0.1, 0.15) is 21.9 Å². The predicted octanol–water partition coefficient (Wildman–Crippen LogP) is 1.15. The van der Waals surface area contributed by atoms with Gasteiger partial charge in [0.15, 0.2) is 0 Å². The van der Waals surface area contributed by atoms with Gasteiger partial charge in [-0.3, -0.25) is 14.8 Å². The molecule has 6 nitrogen and oxygen atoms in total. The number of anilines is 1. The van der Waals surface area contributed by atoms with Crippen molar-refractivity contribution in [3.05, 3.63) is 47.7 Å². The van der Waals surface area contributed by atoms with Gasteiger partial charge in [0.05, 0.1) is 24.6 Å². The molecule has 2 N–H and O–H groups in total. The van der Waals surface area contributed by atoms with Crippen molar-refractivity contribution in [1.82, 2.24) is 20.3 Å². The van der Waals surface area contributed by atoms with Gasteiger partial charge in [-0.2, -0.15) is 0 Å². The molecule has 0 saturated carbocycles. The van der Waals surface area contributed by atoms with Crippen molar-refractivity contribution in [1.29, 1.82) is 0 Å². The Balaban J connectivity index is 2.01. The molecular formula is C13H15N5O. The molecule has 0 fully saturated rings. The molecule has 2 rings (SSSR count). The van der Waals surface area contributed by atoms with Gasteiger partial charge in [-0.1, -0.05) is 6.07 Å². The molecule has 19 heavy (non-hydrogen) atoms. The zero-order valence-electron chi connectivity index (χ0n) is 10.8. The van der Waals surface area contributed by atoms with Gasteiger partial charge in [0.25, 0.3) is 5.91 Å². The van der Waals surface area contributed by atoms with Crippen LogP contribution in [-0.2, 0) is 6.54 Å². The molecule has 2 heterocycles. The highest BCUT2D eigenvalue weighted by atomic mass is 16.1. The number of nitrogens with one attached hydrogen (secondary N) is 2. The molecule has 0 bridgehead atoms. The normalized spacial score (nSPS) is 10.0. The van der Waals surface area contributed by atoms with Crippen LogP contribution in [0, 0.1) is 6.92 Å². The summed E-state index contributed by atoms with van der Waals surface area (Å²) in [5.74, 6) is 0.286. The molecule has 2 aromatic heterocycles. The summed E-state index contributed by atoms with van der Waals surface area (Å²) in [4.78, 5) is 24.3. The Morgan fingerprint density at radius 2 is 2.11 bits per heavy atom. The van der Waals surface area contributed by atoms with Crippen LogP contribution in [0.4, 0.5) is 5.82 Å². The molecule has 98 valence electrons. The maximum atomic E-state index is 11.9. The molecule has 1 amide bonds. The molecule has 0 radical (unpaired) electrons. The van der Waals surface area contributed by atoms with E-state index < -0.39 is 0 Å². The minimum absolute atomic E-state index is 0.270. The number of hydrogen-bond donors (Lipinski definition) is 2. The van der Waals surface area contributed by atoms with Crippen LogP contribution in [0.25, 0.3) is 0 Å². The standard InChI is InChI=1S/C13H15N5O/c1-9-4-3-5-10(17-9)6-16-13(19)11-7-15-8-12(14-2)18-11/h3-5,7-8H,6H2,1-2H3,(H,14,18)(H,16,19). The summed E-state index contributed by atoms with van der Waals surface area (Å²) in [6.45, 7) is 2.28. The first-order valence-corrected chi connectivity index (χ1v) is 5.89. The van der Waals surface area contributed by atoms with Crippen LogP contribution < -0.4 is 10.6 Å². The van der Waals surface area contributed by atoms with E-state index in [4.69, 9.17) is 0 Å². The zero-order valence-corrected chi connectivity index (χ0v) is 10.8. The van der Waals surface area contributed by atoms with Gasteiger partial charge < -0.3 is 10.6 Å². The molecular weight excluding hydrogens is 242 g/mol. The first kappa shape index (κ1) is 12.9. The molecule has 0 atom stereocenters. The molecule has 2 aromatic rings. The fraction of sp³-hybridized carbons (Fsp3) is 0.231. The summed E-state index contributed by atoms with van der Waals surface area (Å²) in [7, 11) is 1.72. The highest BCUT2D eigenvalue weighted by Gasteiger charge is 2.08. The van der Waals surface area contributed by atoms with Gasteiger partial charge in [-0.25, -0.2) is 4.98 Å². The number of nitrogens with zero attached hydrogens (tertiary/aromatic N) is 3. The van der Waals surface area contributed by atoms with Crippen LogP contribution >= 0.6 is 0 Å². The number of pyridine rings is 1. The summed E-state index contributed by atoms with van der Waals surface area (Å²) >= 11 is 0. The maximum absolute atomic E-state index is 11.9. The van der Waals surface area contributed by atoms with Crippen molar-refractivity contribution in [3.8, 4) is 0 Å². The minimum Gasteiger partial charge on any atom is -0.372 e. The Hall–Kier alpha value is -2.50. The second kappa shape index (κ2) is 5.90. The van der Waals surface area contributed by atoms with E-state index in [-0.39, 0.29) is 11.6 Å². The van der Waals surface area contributed by atoms with Gasteiger partial charge in [0.2, 0.25) is 0 Å². The maximum Gasteiger partial charge on any atom is 0.271 e. The number of carbonyl (C=O) groups is 1. The monoisotopic (exact) mass is 257 g/mol. The number of carbonyl (C=O) groups excluding carboxylic acids is 1. The Bertz CT molecular complexity index is 585. The second-order valence-corrected chi connectivity index (χ2v) is 3.99. The predicted molar refractivity (Wildman–Crippen MR) is 71.7 cm³/mol. The minimum atomic E-state index is -0.270. The van der Waals surface area contributed by atoms with Crippen molar-refractivity contribution >= 4 is 11.7 Å². The van der Waals surface area contributed by atoms with Gasteiger partial charge >= 0.3 is 0 Å². The lowest BCUT2D eigenvalue weighted by Crippen LogP contribution is -2.24. The summed E-state index contributed by atoms with van der Waals surface area (Å²) in [6.07, 6.45) is 2.98. The van der Waals surface area contributed by atoms with E-state index in [1.807, 2.05) is 25.1 Å². The van der Waals surface area contributed by atoms with Gasteiger partial charge in [-0.05, 0) is 19.1 Å². The highest BCUT2D eigenvalue weighted by Crippen LogP contribution is 2.02. The molecule has 0 spiro atoms. The van der Waals surface area contributed by atoms with E-state index in [9.17, 15) is 4.79 Å². The summed E-state index contributed by atoms with van der Waals surface area (Å²) in [5, 5.41) is 5.60. The van der Waals surface area contributed by atoms with Crippen LogP contribution in [0.5, 0.6) is 0 Å². The Morgan fingerprint density at radius 3 is 2.84 bits per heavy atom. The Kier molecular flexibility index (Phi) is 4.02. The van der Waals surface area contributed by atoms with E-state index in [2.05, 4.69) is 25.6 Å². The molecule has 0 aliphatic carbocycles. The quantitative estimate of drug-likeness (QED) is 0.859. The summed E-state index contributed by atoms with van der Waals surface area (Å²) in [6, 6.07) is 5.68. The molecule has 6 heteroatoms.